The van der Waals surface area contributed by atoms with Crippen molar-refractivity contribution < 1.29 is 0 Å². The Morgan fingerprint density at radius 2 is 1.59 bits per heavy atom. The van der Waals surface area contributed by atoms with E-state index in [1.165, 1.54) is 13.0 Å². The van der Waals surface area contributed by atoms with Crippen molar-refractivity contribution in [3.05, 3.63) is 0 Å². The smallest absolute Gasteiger partial charge is 0.0102 e. The minimum atomic E-state index is 0.227. The molecular formula is C15H34N2. The second-order valence-electron chi connectivity index (χ2n) is 7.01. The van der Waals surface area contributed by atoms with Crippen LogP contribution >= 0.6 is 0 Å². The third-order valence-electron chi connectivity index (χ3n) is 3.53. The van der Waals surface area contributed by atoms with Crippen molar-refractivity contribution in [1.29, 1.82) is 0 Å². The lowest BCUT2D eigenvalue weighted by Crippen LogP contribution is -2.44. The maximum absolute atomic E-state index is 3.60. The fourth-order valence-electron chi connectivity index (χ4n) is 1.74. The van der Waals surface area contributed by atoms with Crippen LogP contribution < -0.4 is 5.32 Å². The van der Waals surface area contributed by atoms with Gasteiger partial charge in [-0.25, -0.2) is 0 Å². The molecule has 0 rings (SSSR count). The number of hydrogen-bond donors (Lipinski definition) is 1. The maximum Gasteiger partial charge on any atom is 0.0102 e. The number of hydrogen-bond acceptors (Lipinski definition) is 2. The first-order chi connectivity index (χ1) is 7.63. The van der Waals surface area contributed by atoms with Crippen LogP contribution in [0.3, 0.4) is 0 Å². The molecule has 0 bridgehead atoms. The molecule has 0 saturated heterocycles. The molecule has 0 heterocycles. The van der Waals surface area contributed by atoms with Gasteiger partial charge in [-0.2, -0.15) is 0 Å². The third-order valence-corrected chi connectivity index (χ3v) is 3.53. The topological polar surface area (TPSA) is 15.3 Å². The Morgan fingerprint density at radius 1 is 1.06 bits per heavy atom. The van der Waals surface area contributed by atoms with Crippen LogP contribution in [0.15, 0.2) is 0 Å². The summed E-state index contributed by atoms with van der Waals surface area (Å²) in [6.45, 7) is 18.3. The van der Waals surface area contributed by atoms with E-state index in [9.17, 15) is 0 Å². The van der Waals surface area contributed by atoms with Crippen LogP contribution in [0.1, 0.15) is 54.9 Å². The molecule has 0 aliphatic heterocycles. The Balaban J connectivity index is 3.98. The van der Waals surface area contributed by atoms with E-state index >= 15 is 0 Å². The summed E-state index contributed by atoms with van der Waals surface area (Å²) in [7, 11) is 2.25. The van der Waals surface area contributed by atoms with E-state index in [0.29, 0.717) is 12.0 Å². The largest absolute Gasteiger partial charge is 0.312 e. The summed E-state index contributed by atoms with van der Waals surface area (Å²) in [4.78, 5) is 2.50. The highest BCUT2D eigenvalue weighted by Gasteiger charge is 2.19. The lowest BCUT2D eigenvalue weighted by atomic mass is 9.99. The molecule has 0 saturated carbocycles. The summed E-state index contributed by atoms with van der Waals surface area (Å²) >= 11 is 0. The summed E-state index contributed by atoms with van der Waals surface area (Å²) < 4.78 is 0. The Kier molecular flexibility index (Phi) is 7.34. The molecule has 2 unspecified atom stereocenters. The molecule has 104 valence electrons. The molecule has 2 nitrogen and oxygen atoms in total. The van der Waals surface area contributed by atoms with E-state index in [1.54, 1.807) is 0 Å². The van der Waals surface area contributed by atoms with Crippen LogP contribution in [0.2, 0.25) is 0 Å². The van der Waals surface area contributed by atoms with Gasteiger partial charge in [0.05, 0.1) is 0 Å². The number of nitrogens with one attached hydrogen (secondary N) is 1. The van der Waals surface area contributed by atoms with Gasteiger partial charge in [0.15, 0.2) is 0 Å². The normalized spacial score (nSPS) is 16.6. The second kappa shape index (κ2) is 7.38. The molecule has 2 atom stereocenters. The van der Waals surface area contributed by atoms with Crippen LogP contribution in [0.5, 0.6) is 0 Å². The molecule has 2 heteroatoms. The highest BCUT2D eigenvalue weighted by atomic mass is 15.1. The van der Waals surface area contributed by atoms with Crippen molar-refractivity contribution in [3.63, 3.8) is 0 Å². The van der Waals surface area contributed by atoms with Crippen LogP contribution in [-0.2, 0) is 0 Å². The number of nitrogens with zero attached hydrogens (tertiary/aromatic N) is 1. The van der Waals surface area contributed by atoms with Gasteiger partial charge in [-0.1, -0.05) is 20.8 Å². The van der Waals surface area contributed by atoms with Crippen LogP contribution in [-0.4, -0.2) is 36.6 Å². The molecule has 0 aromatic rings. The Bertz CT molecular complexity index is 194. The first-order valence-corrected chi connectivity index (χ1v) is 7.08. The molecule has 0 aliphatic rings. The van der Waals surface area contributed by atoms with Crippen molar-refractivity contribution in [1.82, 2.24) is 10.2 Å². The predicted molar refractivity (Wildman–Crippen MR) is 78.5 cm³/mol. The van der Waals surface area contributed by atoms with Crippen LogP contribution in [0.4, 0.5) is 0 Å². The summed E-state index contributed by atoms with van der Waals surface area (Å²) in [6, 6.07) is 0.642. The standard InChI is InChI=1S/C15H34N2/c1-12(2)9-10-17(8)14(4)13(3)11-16-15(5,6)7/h12-14,16H,9-11H2,1-8H3. The summed E-state index contributed by atoms with van der Waals surface area (Å²) in [5, 5.41) is 3.60. The maximum atomic E-state index is 3.60. The van der Waals surface area contributed by atoms with Gasteiger partial charge in [0.1, 0.15) is 0 Å². The molecule has 0 spiro atoms. The highest BCUT2D eigenvalue weighted by Crippen LogP contribution is 2.12. The quantitative estimate of drug-likeness (QED) is 0.736. The van der Waals surface area contributed by atoms with Gasteiger partial charge in [-0.3, -0.25) is 0 Å². The van der Waals surface area contributed by atoms with E-state index in [2.05, 4.69) is 65.7 Å². The van der Waals surface area contributed by atoms with Crippen molar-refractivity contribution in [3.8, 4) is 0 Å². The van der Waals surface area contributed by atoms with Gasteiger partial charge in [0.25, 0.3) is 0 Å². The highest BCUT2D eigenvalue weighted by molar-refractivity contribution is 4.77. The fourth-order valence-corrected chi connectivity index (χ4v) is 1.74. The molecule has 0 aromatic carbocycles. The fraction of sp³-hybridized carbons (Fsp3) is 1.00. The molecule has 0 aliphatic carbocycles. The van der Waals surface area contributed by atoms with E-state index in [0.717, 1.165) is 12.5 Å². The summed E-state index contributed by atoms with van der Waals surface area (Å²) in [5.74, 6) is 1.49. The summed E-state index contributed by atoms with van der Waals surface area (Å²) in [5.41, 5.74) is 0.227. The molecular weight excluding hydrogens is 208 g/mol. The zero-order valence-electron chi connectivity index (χ0n) is 13.3. The zero-order chi connectivity index (χ0) is 13.6. The van der Waals surface area contributed by atoms with E-state index in [1.807, 2.05) is 0 Å². The predicted octanol–water partition coefficient (Wildman–Crippen LogP) is 3.38. The minimum absolute atomic E-state index is 0.227. The SMILES string of the molecule is CC(C)CCN(C)C(C)C(C)CNC(C)(C)C. The Morgan fingerprint density at radius 3 is 2.00 bits per heavy atom. The van der Waals surface area contributed by atoms with Crippen molar-refractivity contribution in [2.24, 2.45) is 11.8 Å². The summed E-state index contributed by atoms with van der Waals surface area (Å²) in [6.07, 6.45) is 1.29. The molecule has 0 amide bonds. The molecule has 0 aromatic heterocycles. The molecule has 0 fully saturated rings. The monoisotopic (exact) mass is 242 g/mol. The average Bonchev–Trinajstić information content (AvgIpc) is 2.20. The Hall–Kier alpha value is -0.0800. The lowest BCUT2D eigenvalue weighted by molar-refractivity contribution is 0.181. The van der Waals surface area contributed by atoms with Crippen LogP contribution in [0.25, 0.3) is 0 Å². The van der Waals surface area contributed by atoms with E-state index in [4.69, 9.17) is 0 Å². The van der Waals surface area contributed by atoms with Gasteiger partial charge >= 0.3 is 0 Å². The van der Waals surface area contributed by atoms with Crippen molar-refractivity contribution in [2.75, 3.05) is 20.1 Å². The molecule has 0 radical (unpaired) electrons. The van der Waals surface area contributed by atoms with Crippen molar-refractivity contribution in [2.45, 2.75) is 66.5 Å². The first-order valence-electron chi connectivity index (χ1n) is 7.08. The van der Waals surface area contributed by atoms with Gasteiger partial charge in [-0.05, 0) is 66.1 Å². The Labute approximate surface area is 109 Å². The average molecular weight is 242 g/mol. The van der Waals surface area contributed by atoms with Crippen molar-refractivity contribution >= 4 is 0 Å². The van der Waals surface area contributed by atoms with Gasteiger partial charge < -0.3 is 10.2 Å². The minimum Gasteiger partial charge on any atom is -0.312 e. The second-order valence-corrected chi connectivity index (χ2v) is 7.01. The van der Waals surface area contributed by atoms with E-state index < -0.39 is 0 Å². The zero-order valence-corrected chi connectivity index (χ0v) is 13.3. The number of rotatable bonds is 7. The third kappa shape index (κ3) is 8.62. The van der Waals surface area contributed by atoms with Gasteiger partial charge in [-0.15, -0.1) is 0 Å². The van der Waals surface area contributed by atoms with Gasteiger partial charge in [0, 0.05) is 11.6 Å². The van der Waals surface area contributed by atoms with Gasteiger partial charge in [0.2, 0.25) is 0 Å². The van der Waals surface area contributed by atoms with E-state index in [-0.39, 0.29) is 5.54 Å². The molecule has 17 heavy (non-hydrogen) atoms. The van der Waals surface area contributed by atoms with Crippen LogP contribution in [0, 0.1) is 11.8 Å². The lowest BCUT2D eigenvalue weighted by Gasteiger charge is -2.32. The molecule has 1 N–H and O–H groups in total. The first kappa shape index (κ1) is 16.9.